The van der Waals surface area contributed by atoms with Crippen LogP contribution in [-0.2, 0) is 26.2 Å². The summed E-state index contributed by atoms with van der Waals surface area (Å²) in [5, 5.41) is 0. The number of carbonyl (C=O) groups excluding carboxylic acids is 2. The highest BCUT2D eigenvalue weighted by molar-refractivity contribution is 6.09. The quantitative estimate of drug-likeness (QED) is 0.625. The van der Waals surface area contributed by atoms with E-state index in [0.717, 1.165) is 5.56 Å². The lowest BCUT2D eigenvalue weighted by molar-refractivity contribution is -0.151. The van der Waals surface area contributed by atoms with Crippen LogP contribution in [-0.4, -0.2) is 18.9 Å². The average molecular weight is 282 g/mol. The number of methoxy groups -OCH3 is 1. The number of carbonyl (C=O) groups is 2. The zero-order chi connectivity index (χ0) is 15.3. The van der Waals surface area contributed by atoms with E-state index < -0.39 is 11.4 Å². The van der Waals surface area contributed by atoms with Crippen LogP contribution >= 0.6 is 0 Å². The van der Waals surface area contributed by atoms with Crippen molar-refractivity contribution < 1.29 is 14.3 Å². The summed E-state index contributed by atoms with van der Waals surface area (Å²) in [6, 6.07) is 18.6. The molecule has 0 radical (unpaired) electrons. The van der Waals surface area contributed by atoms with Crippen LogP contribution in [0.25, 0.3) is 0 Å². The van der Waals surface area contributed by atoms with Gasteiger partial charge >= 0.3 is 5.97 Å². The summed E-state index contributed by atoms with van der Waals surface area (Å²) in [7, 11) is 1.31. The number of ether oxygens (including phenoxy) is 1. The van der Waals surface area contributed by atoms with Crippen LogP contribution in [0.5, 0.6) is 0 Å². The van der Waals surface area contributed by atoms with Gasteiger partial charge in [0.25, 0.3) is 0 Å². The number of hydrogen-bond acceptors (Lipinski definition) is 3. The van der Waals surface area contributed by atoms with Gasteiger partial charge in [0.15, 0.2) is 11.2 Å². The zero-order valence-electron chi connectivity index (χ0n) is 12.2. The Morgan fingerprint density at radius 3 is 1.95 bits per heavy atom. The molecular weight excluding hydrogens is 264 g/mol. The van der Waals surface area contributed by atoms with E-state index in [9.17, 15) is 9.59 Å². The van der Waals surface area contributed by atoms with Crippen LogP contribution in [0.4, 0.5) is 0 Å². The SMILES string of the molecule is COC(=O)C(Cc1ccccc1)(C(C)=O)c1ccccc1. The van der Waals surface area contributed by atoms with E-state index in [-0.39, 0.29) is 5.78 Å². The van der Waals surface area contributed by atoms with Crippen molar-refractivity contribution in [1.29, 1.82) is 0 Å². The maximum Gasteiger partial charge on any atom is 0.324 e. The van der Waals surface area contributed by atoms with E-state index in [2.05, 4.69) is 0 Å². The monoisotopic (exact) mass is 282 g/mol. The van der Waals surface area contributed by atoms with Crippen molar-refractivity contribution in [2.45, 2.75) is 18.8 Å². The number of Topliss-reactive ketones (excluding diaryl/α,β-unsaturated/α-hetero) is 1. The Bertz CT molecular complexity index is 619. The third-order valence-corrected chi connectivity index (χ3v) is 3.71. The lowest BCUT2D eigenvalue weighted by Gasteiger charge is -2.29. The van der Waals surface area contributed by atoms with Gasteiger partial charge in [-0.05, 0) is 24.5 Å². The first kappa shape index (κ1) is 15.0. The van der Waals surface area contributed by atoms with E-state index >= 15 is 0 Å². The molecule has 0 aliphatic heterocycles. The molecule has 0 heterocycles. The predicted octanol–water partition coefficient (Wildman–Crippen LogP) is 2.93. The Morgan fingerprint density at radius 2 is 1.48 bits per heavy atom. The van der Waals surface area contributed by atoms with Crippen molar-refractivity contribution in [3.63, 3.8) is 0 Å². The lowest BCUT2D eigenvalue weighted by Crippen LogP contribution is -2.45. The fraction of sp³-hybridized carbons (Fsp3) is 0.222. The molecule has 0 fully saturated rings. The molecule has 0 saturated carbocycles. The second-order valence-electron chi connectivity index (χ2n) is 4.98. The molecule has 3 heteroatoms. The van der Waals surface area contributed by atoms with E-state index in [1.54, 1.807) is 12.1 Å². The van der Waals surface area contributed by atoms with Crippen molar-refractivity contribution in [2.75, 3.05) is 7.11 Å². The Kier molecular flexibility index (Phi) is 4.53. The third-order valence-electron chi connectivity index (χ3n) is 3.71. The fourth-order valence-corrected chi connectivity index (χ4v) is 2.56. The fourth-order valence-electron chi connectivity index (χ4n) is 2.56. The van der Waals surface area contributed by atoms with Crippen LogP contribution in [0.15, 0.2) is 60.7 Å². The second kappa shape index (κ2) is 6.35. The summed E-state index contributed by atoms with van der Waals surface area (Å²) in [4.78, 5) is 24.8. The predicted molar refractivity (Wildman–Crippen MR) is 81.0 cm³/mol. The minimum absolute atomic E-state index is 0.218. The Hall–Kier alpha value is -2.42. The Morgan fingerprint density at radius 1 is 0.952 bits per heavy atom. The minimum Gasteiger partial charge on any atom is -0.468 e. The van der Waals surface area contributed by atoms with Crippen molar-refractivity contribution in [3.8, 4) is 0 Å². The van der Waals surface area contributed by atoms with E-state index in [4.69, 9.17) is 4.74 Å². The van der Waals surface area contributed by atoms with Crippen molar-refractivity contribution in [2.24, 2.45) is 0 Å². The molecule has 1 atom stereocenters. The summed E-state index contributed by atoms with van der Waals surface area (Å²) >= 11 is 0. The van der Waals surface area contributed by atoms with Gasteiger partial charge in [-0.3, -0.25) is 9.59 Å². The molecule has 2 aromatic carbocycles. The van der Waals surface area contributed by atoms with E-state index in [1.165, 1.54) is 14.0 Å². The minimum atomic E-state index is -1.29. The molecule has 1 unspecified atom stereocenters. The summed E-state index contributed by atoms with van der Waals surface area (Å²) in [6.07, 6.45) is 0.292. The van der Waals surface area contributed by atoms with Gasteiger partial charge < -0.3 is 4.74 Å². The molecule has 0 aliphatic rings. The lowest BCUT2D eigenvalue weighted by atomic mass is 9.72. The summed E-state index contributed by atoms with van der Waals surface area (Å²) < 4.78 is 4.94. The number of hydrogen-bond donors (Lipinski definition) is 0. The van der Waals surface area contributed by atoms with Gasteiger partial charge in [-0.2, -0.15) is 0 Å². The van der Waals surface area contributed by atoms with Crippen LogP contribution < -0.4 is 0 Å². The molecule has 0 aliphatic carbocycles. The highest BCUT2D eigenvalue weighted by Gasteiger charge is 2.46. The highest BCUT2D eigenvalue weighted by atomic mass is 16.5. The van der Waals surface area contributed by atoms with E-state index in [0.29, 0.717) is 12.0 Å². The summed E-state index contributed by atoms with van der Waals surface area (Å²) in [5.41, 5.74) is 0.285. The first-order chi connectivity index (χ1) is 10.1. The van der Waals surface area contributed by atoms with Crippen LogP contribution in [0, 0.1) is 0 Å². The van der Waals surface area contributed by atoms with Gasteiger partial charge in [0.05, 0.1) is 7.11 Å². The molecule has 0 saturated heterocycles. The molecule has 0 aromatic heterocycles. The molecule has 21 heavy (non-hydrogen) atoms. The molecule has 0 N–H and O–H groups in total. The molecule has 2 aromatic rings. The third kappa shape index (κ3) is 2.87. The number of ketones is 1. The second-order valence-corrected chi connectivity index (χ2v) is 4.98. The molecule has 3 nitrogen and oxygen atoms in total. The molecule has 108 valence electrons. The van der Waals surface area contributed by atoms with Gasteiger partial charge in [-0.25, -0.2) is 0 Å². The van der Waals surface area contributed by atoms with Gasteiger partial charge in [0.1, 0.15) is 0 Å². The Labute approximate surface area is 124 Å². The molecule has 0 bridgehead atoms. The smallest absolute Gasteiger partial charge is 0.324 e. The van der Waals surface area contributed by atoms with Crippen LogP contribution in [0.3, 0.4) is 0 Å². The van der Waals surface area contributed by atoms with Crippen LogP contribution in [0.2, 0.25) is 0 Å². The maximum atomic E-state index is 12.4. The van der Waals surface area contributed by atoms with Crippen molar-refractivity contribution in [3.05, 3.63) is 71.8 Å². The molecule has 0 amide bonds. The topological polar surface area (TPSA) is 43.4 Å². The number of benzene rings is 2. The zero-order valence-corrected chi connectivity index (χ0v) is 12.2. The molecule has 0 spiro atoms. The van der Waals surface area contributed by atoms with Gasteiger partial charge in [0.2, 0.25) is 0 Å². The first-order valence-electron chi connectivity index (χ1n) is 6.80. The number of esters is 1. The maximum absolute atomic E-state index is 12.4. The van der Waals surface area contributed by atoms with Crippen molar-refractivity contribution >= 4 is 11.8 Å². The number of rotatable bonds is 5. The normalized spacial score (nSPS) is 13.2. The molecular formula is C18H18O3. The standard InChI is InChI=1S/C18H18O3/c1-14(19)18(17(20)21-2,16-11-7-4-8-12-16)13-15-9-5-3-6-10-15/h3-12H,13H2,1-2H3. The van der Waals surface area contributed by atoms with Gasteiger partial charge in [-0.15, -0.1) is 0 Å². The van der Waals surface area contributed by atoms with Crippen molar-refractivity contribution in [1.82, 2.24) is 0 Å². The highest BCUT2D eigenvalue weighted by Crippen LogP contribution is 2.31. The van der Waals surface area contributed by atoms with Gasteiger partial charge in [-0.1, -0.05) is 60.7 Å². The largest absolute Gasteiger partial charge is 0.468 e. The van der Waals surface area contributed by atoms with Crippen LogP contribution in [0.1, 0.15) is 18.1 Å². The average Bonchev–Trinajstić information content (AvgIpc) is 2.53. The summed E-state index contributed by atoms with van der Waals surface area (Å²) in [6.45, 7) is 1.44. The Balaban J connectivity index is 2.57. The van der Waals surface area contributed by atoms with E-state index in [1.807, 2.05) is 48.5 Å². The van der Waals surface area contributed by atoms with Gasteiger partial charge in [0, 0.05) is 0 Å². The first-order valence-corrected chi connectivity index (χ1v) is 6.80. The summed E-state index contributed by atoms with van der Waals surface area (Å²) in [5.74, 6) is -0.741. The molecule has 2 rings (SSSR count).